The largest absolute Gasteiger partial charge is 0.317 e. The third-order valence-corrected chi connectivity index (χ3v) is 3.89. The summed E-state index contributed by atoms with van der Waals surface area (Å²) in [4.78, 5) is 5.23. The third-order valence-electron chi connectivity index (χ3n) is 3.89. The van der Waals surface area contributed by atoms with Gasteiger partial charge in [0.2, 0.25) is 0 Å². The van der Waals surface area contributed by atoms with Crippen molar-refractivity contribution in [3.63, 3.8) is 0 Å². The fourth-order valence-corrected chi connectivity index (χ4v) is 2.57. The molecule has 82 valence electrons. The van der Waals surface area contributed by atoms with Gasteiger partial charge in [0.1, 0.15) is 0 Å². The lowest BCUT2D eigenvalue weighted by atomic mass is 9.85. The van der Waals surface area contributed by atoms with Crippen molar-refractivity contribution in [1.82, 2.24) is 15.1 Å². The monoisotopic (exact) mass is 197 g/mol. The Morgan fingerprint density at radius 2 is 1.79 bits per heavy atom. The first-order chi connectivity index (χ1) is 6.83. The second-order valence-electron chi connectivity index (χ2n) is 4.58. The molecule has 0 aromatic heterocycles. The summed E-state index contributed by atoms with van der Waals surface area (Å²) in [5.41, 5.74) is 0. The SMILES string of the molecule is CCN1CCN(C2CC(NC)C2)CC1. The molecule has 2 aliphatic rings. The van der Waals surface area contributed by atoms with E-state index in [-0.39, 0.29) is 0 Å². The Labute approximate surface area is 87.4 Å². The van der Waals surface area contributed by atoms with Crippen molar-refractivity contribution < 1.29 is 0 Å². The molecular weight excluding hydrogens is 174 g/mol. The Kier molecular flexibility index (Phi) is 3.42. The second-order valence-corrected chi connectivity index (χ2v) is 4.58. The van der Waals surface area contributed by atoms with Crippen molar-refractivity contribution in [2.24, 2.45) is 0 Å². The molecule has 1 saturated heterocycles. The number of likely N-dealkylation sites (N-methyl/N-ethyl adjacent to an activating group) is 1. The standard InChI is InChI=1S/C11H23N3/c1-3-13-4-6-14(7-5-13)11-8-10(9-11)12-2/h10-12H,3-9H2,1-2H3. The molecule has 1 N–H and O–H groups in total. The van der Waals surface area contributed by atoms with Crippen molar-refractivity contribution in [3.05, 3.63) is 0 Å². The molecule has 0 radical (unpaired) electrons. The highest BCUT2D eigenvalue weighted by Crippen LogP contribution is 2.26. The van der Waals surface area contributed by atoms with Crippen molar-refractivity contribution in [1.29, 1.82) is 0 Å². The van der Waals surface area contributed by atoms with E-state index in [0.717, 1.165) is 12.1 Å². The van der Waals surface area contributed by atoms with Crippen LogP contribution in [0.1, 0.15) is 19.8 Å². The average molecular weight is 197 g/mol. The van der Waals surface area contributed by atoms with Gasteiger partial charge in [0.25, 0.3) is 0 Å². The second kappa shape index (κ2) is 4.60. The predicted molar refractivity (Wildman–Crippen MR) is 59.6 cm³/mol. The molecule has 0 aromatic carbocycles. The van der Waals surface area contributed by atoms with E-state index in [1.165, 1.54) is 45.6 Å². The van der Waals surface area contributed by atoms with Gasteiger partial charge < -0.3 is 10.2 Å². The number of nitrogens with one attached hydrogen (secondary N) is 1. The minimum absolute atomic E-state index is 0.796. The first kappa shape index (κ1) is 10.4. The molecule has 1 heterocycles. The molecule has 0 atom stereocenters. The molecule has 3 nitrogen and oxygen atoms in total. The summed E-state index contributed by atoms with van der Waals surface area (Å²) in [5.74, 6) is 0. The maximum absolute atomic E-state index is 3.35. The van der Waals surface area contributed by atoms with Gasteiger partial charge in [-0.15, -0.1) is 0 Å². The van der Waals surface area contributed by atoms with Crippen LogP contribution in [0.5, 0.6) is 0 Å². The quantitative estimate of drug-likeness (QED) is 0.705. The third kappa shape index (κ3) is 2.10. The van der Waals surface area contributed by atoms with Crippen LogP contribution in [-0.2, 0) is 0 Å². The molecule has 0 aromatic rings. The van der Waals surface area contributed by atoms with Gasteiger partial charge in [-0.3, -0.25) is 4.90 Å². The number of hydrogen-bond acceptors (Lipinski definition) is 3. The first-order valence-electron chi connectivity index (χ1n) is 5.97. The lowest BCUT2D eigenvalue weighted by molar-refractivity contribution is 0.0486. The van der Waals surface area contributed by atoms with Gasteiger partial charge >= 0.3 is 0 Å². The van der Waals surface area contributed by atoms with Crippen LogP contribution >= 0.6 is 0 Å². The summed E-state index contributed by atoms with van der Waals surface area (Å²) in [5, 5.41) is 3.35. The van der Waals surface area contributed by atoms with Gasteiger partial charge in [-0.2, -0.15) is 0 Å². The number of piperazine rings is 1. The van der Waals surface area contributed by atoms with Crippen LogP contribution in [0.15, 0.2) is 0 Å². The maximum atomic E-state index is 3.35. The van der Waals surface area contributed by atoms with Crippen molar-refractivity contribution in [3.8, 4) is 0 Å². The minimum atomic E-state index is 0.796. The van der Waals surface area contributed by atoms with Crippen LogP contribution in [0.3, 0.4) is 0 Å². The molecule has 2 rings (SSSR count). The van der Waals surface area contributed by atoms with Crippen LogP contribution in [0, 0.1) is 0 Å². The highest BCUT2D eigenvalue weighted by atomic mass is 15.3. The Bertz CT molecular complexity index is 169. The Morgan fingerprint density at radius 1 is 1.14 bits per heavy atom. The molecule has 0 bridgehead atoms. The summed E-state index contributed by atoms with van der Waals surface area (Å²) in [6, 6.07) is 1.68. The fourth-order valence-electron chi connectivity index (χ4n) is 2.57. The van der Waals surface area contributed by atoms with Gasteiger partial charge in [0.05, 0.1) is 0 Å². The number of rotatable bonds is 3. The molecule has 0 amide bonds. The van der Waals surface area contributed by atoms with Gasteiger partial charge in [-0.1, -0.05) is 6.92 Å². The number of hydrogen-bond donors (Lipinski definition) is 1. The molecule has 1 saturated carbocycles. The van der Waals surface area contributed by atoms with Crippen LogP contribution in [0.4, 0.5) is 0 Å². The first-order valence-corrected chi connectivity index (χ1v) is 5.97. The van der Waals surface area contributed by atoms with Crippen LogP contribution < -0.4 is 5.32 Å². The molecule has 1 aliphatic heterocycles. The molecule has 2 fully saturated rings. The summed E-state index contributed by atoms with van der Waals surface area (Å²) in [6.45, 7) is 8.60. The summed E-state index contributed by atoms with van der Waals surface area (Å²) >= 11 is 0. The van der Waals surface area contributed by atoms with Gasteiger partial charge in [-0.05, 0) is 26.4 Å². The summed E-state index contributed by atoms with van der Waals surface area (Å²) in [6.07, 6.45) is 2.73. The Morgan fingerprint density at radius 3 is 2.29 bits per heavy atom. The topological polar surface area (TPSA) is 18.5 Å². The van der Waals surface area contributed by atoms with E-state index in [1.807, 2.05) is 0 Å². The van der Waals surface area contributed by atoms with Gasteiger partial charge in [-0.25, -0.2) is 0 Å². The summed E-state index contributed by atoms with van der Waals surface area (Å²) in [7, 11) is 2.08. The molecule has 0 spiro atoms. The van der Waals surface area contributed by atoms with Crippen LogP contribution in [0.2, 0.25) is 0 Å². The lowest BCUT2D eigenvalue weighted by Crippen LogP contribution is -2.57. The maximum Gasteiger partial charge on any atom is 0.0126 e. The van der Waals surface area contributed by atoms with E-state index in [2.05, 4.69) is 29.1 Å². The molecule has 1 aliphatic carbocycles. The molecule has 3 heteroatoms. The van der Waals surface area contributed by atoms with Crippen molar-refractivity contribution in [2.75, 3.05) is 39.8 Å². The van der Waals surface area contributed by atoms with Crippen molar-refractivity contribution in [2.45, 2.75) is 31.8 Å². The van der Waals surface area contributed by atoms with Gasteiger partial charge in [0.15, 0.2) is 0 Å². The normalized spacial score (nSPS) is 35.6. The fraction of sp³-hybridized carbons (Fsp3) is 1.00. The van der Waals surface area contributed by atoms with Gasteiger partial charge in [0, 0.05) is 38.3 Å². The highest BCUT2D eigenvalue weighted by molar-refractivity contribution is 4.92. The summed E-state index contributed by atoms with van der Waals surface area (Å²) < 4.78 is 0. The van der Waals surface area contributed by atoms with E-state index >= 15 is 0 Å². The minimum Gasteiger partial charge on any atom is -0.317 e. The number of nitrogens with zero attached hydrogens (tertiary/aromatic N) is 2. The molecule has 14 heavy (non-hydrogen) atoms. The van der Waals surface area contributed by atoms with E-state index in [0.29, 0.717) is 0 Å². The van der Waals surface area contributed by atoms with Crippen molar-refractivity contribution >= 4 is 0 Å². The molecule has 0 unspecified atom stereocenters. The zero-order valence-corrected chi connectivity index (χ0v) is 9.50. The predicted octanol–water partition coefficient (Wildman–Crippen LogP) is 0.374. The smallest absolute Gasteiger partial charge is 0.0126 e. The van der Waals surface area contributed by atoms with E-state index < -0.39 is 0 Å². The van der Waals surface area contributed by atoms with Crippen LogP contribution in [-0.4, -0.2) is 61.7 Å². The average Bonchev–Trinajstić information content (AvgIpc) is 2.17. The van der Waals surface area contributed by atoms with E-state index in [9.17, 15) is 0 Å². The van der Waals surface area contributed by atoms with E-state index in [1.54, 1.807) is 0 Å². The zero-order valence-electron chi connectivity index (χ0n) is 9.50. The Hall–Kier alpha value is -0.120. The zero-order chi connectivity index (χ0) is 9.97. The van der Waals surface area contributed by atoms with E-state index in [4.69, 9.17) is 0 Å². The molecular formula is C11H23N3. The highest BCUT2D eigenvalue weighted by Gasteiger charge is 2.33. The lowest BCUT2D eigenvalue weighted by Gasteiger charge is -2.46. The van der Waals surface area contributed by atoms with Crippen LogP contribution in [0.25, 0.3) is 0 Å². The Balaban J connectivity index is 1.69.